The largest absolute Gasteiger partial charge is 0.0773 e. The van der Waals surface area contributed by atoms with Crippen molar-refractivity contribution < 1.29 is 0 Å². The van der Waals surface area contributed by atoms with E-state index in [1.54, 1.807) is 5.57 Å². The minimum absolute atomic E-state index is 0.849. The molecule has 0 aliphatic heterocycles. The van der Waals surface area contributed by atoms with Crippen LogP contribution in [-0.4, -0.2) is 0 Å². The first kappa shape index (κ1) is 14.6. The van der Waals surface area contributed by atoms with Crippen LogP contribution in [0.5, 0.6) is 0 Å². The highest BCUT2D eigenvalue weighted by Gasteiger charge is 2.27. The van der Waals surface area contributed by atoms with Crippen molar-refractivity contribution in [2.24, 2.45) is 11.8 Å². The van der Waals surface area contributed by atoms with Gasteiger partial charge in [-0.25, -0.2) is 0 Å². The summed E-state index contributed by atoms with van der Waals surface area (Å²) in [5, 5.41) is 0. The highest BCUT2D eigenvalue weighted by Crippen LogP contribution is 2.40. The first-order valence-electron chi connectivity index (χ1n) is 8.45. The fourth-order valence-electron chi connectivity index (χ4n) is 3.67. The molecule has 0 spiro atoms. The molecule has 0 aromatic heterocycles. The molecular weight excluding hydrogens is 228 g/mol. The van der Waals surface area contributed by atoms with Gasteiger partial charge in [0, 0.05) is 0 Å². The standard InChI is InChI=1S/C19H30/c1-3-5-6-10-16-13-14-18(15-16)19-12-8-7-11-17(19)9-4-2/h10,13-15,17,19H,3-9,11-12H2,1-2H3/b16-10-. The highest BCUT2D eigenvalue weighted by molar-refractivity contribution is 5.47. The smallest absolute Gasteiger partial charge is 0.0133 e. The third kappa shape index (κ3) is 4.09. The number of hydrogen-bond acceptors (Lipinski definition) is 0. The molecule has 1 fully saturated rings. The Morgan fingerprint density at radius 1 is 1.11 bits per heavy atom. The van der Waals surface area contributed by atoms with Crippen LogP contribution in [0.2, 0.25) is 0 Å². The summed E-state index contributed by atoms with van der Waals surface area (Å²) in [7, 11) is 0. The quantitative estimate of drug-likeness (QED) is 0.497. The number of allylic oxidation sites excluding steroid dienone is 6. The summed E-state index contributed by atoms with van der Waals surface area (Å²) in [4.78, 5) is 0. The summed E-state index contributed by atoms with van der Waals surface area (Å²) in [5.41, 5.74) is 3.09. The van der Waals surface area contributed by atoms with Gasteiger partial charge in [-0.15, -0.1) is 0 Å². The molecule has 0 N–H and O–H groups in total. The zero-order valence-corrected chi connectivity index (χ0v) is 12.8. The molecule has 19 heavy (non-hydrogen) atoms. The van der Waals surface area contributed by atoms with Crippen molar-refractivity contribution in [2.45, 2.75) is 71.6 Å². The molecule has 0 nitrogen and oxygen atoms in total. The molecule has 0 aromatic rings. The predicted octanol–water partition coefficient (Wildman–Crippen LogP) is 6.21. The van der Waals surface area contributed by atoms with Gasteiger partial charge in [0.2, 0.25) is 0 Å². The van der Waals surface area contributed by atoms with Gasteiger partial charge in [-0.1, -0.05) is 76.7 Å². The summed E-state index contributed by atoms with van der Waals surface area (Å²) in [5.74, 6) is 1.80. The highest BCUT2D eigenvalue weighted by atomic mass is 14.3. The predicted molar refractivity (Wildman–Crippen MR) is 85.2 cm³/mol. The van der Waals surface area contributed by atoms with Crippen LogP contribution in [0.4, 0.5) is 0 Å². The van der Waals surface area contributed by atoms with Gasteiger partial charge >= 0.3 is 0 Å². The second-order valence-electron chi connectivity index (χ2n) is 6.26. The average molecular weight is 258 g/mol. The van der Waals surface area contributed by atoms with Crippen molar-refractivity contribution in [1.29, 1.82) is 0 Å². The van der Waals surface area contributed by atoms with Gasteiger partial charge in [0.1, 0.15) is 0 Å². The van der Waals surface area contributed by atoms with Gasteiger partial charge in [0.15, 0.2) is 0 Å². The Bertz CT molecular complexity index is 354. The topological polar surface area (TPSA) is 0 Å². The van der Waals surface area contributed by atoms with Crippen LogP contribution in [0.15, 0.2) is 35.5 Å². The first-order valence-corrected chi connectivity index (χ1v) is 8.45. The fraction of sp³-hybridized carbons (Fsp3) is 0.684. The van der Waals surface area contributed by atoms with Crippen molar-refractivity contribution in [3.8, 4) is 0 Å². The molecule has 0 bridgehead atoms. The maximum atomic E-state index is 2.47. The van der Waals surface area contributed by atoms with Crippen LogP contribution in [0.3, 0.4) is 0 Å². The molecule has 0 radical (unpaired) electrons. The number of rotatable bonds is 6. The zero-order valence-electron chi connectivity index (χ0n) is 12.8. The summed E-state index contributed by atoms with van der Waals surface area (Å²) in [6, 6.07) is 0. The van der Waals surface area contributed by atoms with Crippen LogP contribution in [0.1, 0.15) is 71.6 Å². The molecule has 2 unspecified atom stereocenters. The van der Waals surface area contributed by atoms with E-state index >= 15 is 0 Å². The summed E-state index contributed by atoms with van der Waals surface area (Å²) in [6.45, 7) is 4.60. The lowest BCUT2D eigenvalue weighted by Crippen LogP contribution is -2.20. The Morgan fingerprint density at radius 2 is 1.95 bits per heavy atom. The Balaban J connectivity index is 1.98. The van der Waals surface area contributed by atoms with Crippen molar-refractivity contribution in [2.75, 3.05) is 0 Å². The van der Waals surface area contributed by atoms with E-state index in [0.717, 1.165) is 11.8 Å². The average Bonchev–Trinajstić information content (AvgIpc) is 2.89. The van der Waals surface area contributed by atoms with E-state index < -0.39 is 0 Å². The molecule has 2 aliphatic rings. The summed E-state index contributed by atoms with van der Waals surface area (Å²) in [6.07, 6.45) is 22.0. The SMILES string of the molecule is CCCC/C=C1/C=CC(C2CCCCC2CCC)=C1. The fourth-order valence-corrected chi connectivity index (χ4v) is 3.67. The van der Waals surface area contributed by atoms with Crippen LogP contribution < -0.4 is 0 Å². The minimum Gasteiger partial charge on any atom is -0.0773 e. The first-order chi connectivity index (χ1) is 9.35. The van der Waals surface area contributed by atoms with Gasteiger partial charge in [0.05, 0.1) is 0 Å². The lowest BCUT2D eigenvalue weighted by atomic mass is 9.73. The van der Waals surface area contributed by atoms with E-state index in [9.17, 15) is 0 Å². The third-order valence-corrected chi connectivity index (χ3v) is 4.74. The second kappa shape index (κ2) is 7.72. The van der Waals surface area contributed by atoms with Gasteiger partial charge in [0.25, 0.3) is 0 Å². The summed E-state index contributed by atoms with van der Waals surface area (Å²) < 4.78 is 0. The monoisotopic (exact) mass is 258 g/mol. The second-order valence-corrected chi connectivity index (χ2v) is 6.26. The maximum absolute atomic E-state index is 2.47. The van der Waals surface area contributed by atoms with E-state index in [2.05, 4.69) is 38.2 Å². The zero-order chi connectivity index (χ0) is 13.5. The lowest BCUT2D eigenvalue weighted by molar-refractivity contribution is 0.259. The normalized spacial score (nSPS) is 28.9. The van der Waals surface area contributed by atoms with Gasteiger partial charge in [-0.2, -0.15) is 0 Å². The Labute approximate surface area is 119 Å². The minimum atomic E-state index is 0.849. The number of unbranched alkanes of at least 4 members (excludes halogenated alkanes) is 2. The van der Waals surface area contributed by atoms with Crippen LogP contribution in [0.25, 0.3) is 0 Å². The van der Waals surface area contributed by atoms with E-state index in [1.165, 1.54) is 63.4 Å². The molecule has 106 valence electrons. The molecule has 0 amide bonds. The van der Waals surface area contributed by atoms with Crippen molar-refractivity contribution in [3.63, 3.8) is 0 Å². The van der Waals surface area contributed by atoms with Crippen molar-refractivity contribution in [3.05, 3.63) is 35.5 Å². The lowest BCUT2D eigenvalue weighted by Gasteiger charge is -2.32. The molecule has 0 aromatic carbocycles. The Hall–Kier alpha value is -0.780. The summed E-state index contributed by atoms with van der Waals surface area (Å²) >= 11 is 0. The molecule has 0 heterocycles. The molecule has 0 saturated heterocycles. The van der Waals surface area contributed by atoms with Crippen molar-refractivity contribution >= 4 is 0 Å². The van der Waals surface area contributed by atoms with E-state index in [0.29, 0.717) is 0 Å². The Morgan fingerprint density at radius 3 is 2.74 bits per heavy atom. The third-order valence-electron chi connectivity index (χ3n) is 4.74. The van der Waals surface area contributed by atoms with Gasteiger partial charge in [-0.3, -0.25) is 0 Å². The van der Waals surface area contributed by atoms with Crippen LogP contribution >= 0.6 is 0 Å². The number of hydrogen-bond donors (Lipinski definition) is 0. The van der Waals surface area contributed by atoms with Gasteiger partial charge in [-0.05, 0) is 42.2 Å². The van der Waals surface area contributed by atoms with Gasteiger partial charge < -0.3 is 0 Å². The van der Waals surface area contributed by atoms with E-state index in [4.69, 9.17) is 0 Å². The Kier molecular flexibility index (Phi) is 5.94. The van der Waals surface area contributed by atoms with Crippen LogP contribution in [0, 0.1) is 11.8 Å². The molecular formula is C19H30. The van der Waals surface area contributed by atoms with Crippen LogP contribution in [-0.2, 0) is 0 Å². The molecule has 2 atom stereocenters. The molecule has 2 rings (SSSR count). The molecule has 2 aliphatic carbocycles. The van der Waals surface area contributed by atoms with E-state index in [1.807, 2.05) is 0 Å². The maximum Gasteiger partial charge on any atom is -0.0133 e. The van der Waals surface area contributed by atoms with Crippen molar-refractivity contribution in [1.82, 2.24) is 0 Å². The molecule has 1 saturated carbocycles. The molecule has 0 heteroatoms. The van der Waals surface area contributed by atoms with E-state index in [-0.39, 0.29) is 0 Å².